The zero-order valence-electron chi connectivity index (χ0n) is 9.03. The Morgan fingerprint density at radius 3 is 3.00 bits per heavy atom. The van der Waals surface area contributed by atoms with Gasteiger partial charge in [-0.3, -0.25) is 0 Å². The van der Waals surface area contributed by atoms with Crippen LogP contribution in [0.2, 0.25) is 0 Å². The minimum absolute atomic E-state index is 0.166. The molecule has 1 unspecified atom stereocenters. The molecule has 0 saturated carbocycles. The van der Waals surface area contributed by atoms with Crippen molar-refractivity contribution in [3.8, 4) is 5.88 Å². The van der Waals surface area contributed by atoms with E-state index < -0.39 is 6.09 Å². The van der Waals surface area contributed by atoms with Gasteiger partial charge in [0.25, 0.3) is 0 Å². The van der Waals surface area contributed by atoms with Gasteiger partial charge < -0.3 is 15.2 Å². The van der Waals surface area contributed by atoms with Crippen LogP contribution >= 0.6 is 15.9 Å². The van der Waals surface area contributed by atoms with Crippen LogP contribution < -0.4 is 10.1 Å². The van der Waals surface area contributed by atoms with Crippen LogP contribution in [-0.4, -0.2) is 29.3 Å². The first-order valence-electron chi connectivity index (χ1n) is 4.70. The minimum atomic E-state index is -1.02. The van der Waals surface area contributed by atoms with Crippen molar-refractivity contribution in [2.75, 3.05) is 7.11 Å². The number of carboxylic acid groups (broad SMARTS) is 1. The molecule has 0 bridgehead atoms. The lowest BCUT2D eigenvalue weighted by Gasteiger charge is -2.12. The molecule has 0 aliphatic rings. The van der Waals surface area contributed by atoms with Gasteiger partial charge in [0.15, 0.2) is 0 Å². The molecular formula is C10H13BrN2O3. The monoisotopic (exact) mass is 288 g/mol. The van der Waals surface area contributed by atoms with Crippen LogP contribution in [0.15, 0.2) is 16.7 Å². The number of halogens is 1. The topological polar surface area (TPSA) is 71.5 Å². The summed E-state index contributed by atoms with van der Waals surface area (Å²) in [6, 6.07) is 1.62. The van der Waals surface area contributed by atoms with Gasteiger partial charge in [-0.1, -0.05) is 0 Å². The van der Waals surface area contributed by atoms with Gasteiger partial charge in [-0.05, 0) is 34.8 Å². The molecular weight excluding hydrogens is 276 g/mol. The van der Waals surface area contributed by atoms with Gasteiger partial charge >= 0.3 is 6.09 Å². The molecule has 0 spiro atoms. The molecule has 1 aromatic heterocycles. The van der Waals surface area contributed by atoms with E-state index in [1.165, 1.54) is 0 Å². The molecule has 16 heavy (non-hydrogen) atoms. The number of methoxy groups -OCH3 is 1. The van der Waals surface area contributed by atoms with Gasteiger partial charge in [0.2, 0.25) is 5.88 Å². The Bertz CT molecular complexity index is 384. The summed E-state index contributed by atoms with van der Waals surface area (Å²) in [6.07, 6.45) is 1.19. The fourth-order valence-electron chi connectivity index (χ4n) is 1.32. The second-order valence-corrected chi connectivity index (χ2v) is 4.23. The summed E-state index contributed by atoms with van der Waals surface area (Å²) in [5, 5.41) is 11.0. The highest BCUT2D eigenvalue weighted by atomic mass is 79.9. The molecule has 1 rings (SSSR count). The fourth-order valence-corrected chi connectivity index (χ4v) is 1.70. The molecule has 0 fully saturated rings. The third-order valence-electron chi connectivity index (χ3n) is 2.01. The zero-order valence-corrected chi connectivity index (χ0v) is 10.6. The second kappa shape index (κ2) is 5.69. The van der Waals surface area contributed by atoms with Gasteiger partial charge in [-0.25, -0.2) is 9.78 Å². The Morgan fingerprint density at radius 1 is 1.75 bits per heavy atom. The van der Waals surface area contributed by atoms with Gasteiger partial charge in [0, 0.05) is 22.8 Å². The Morgan fingerprint density at radius 2 is 2.44 bits per heavy atom. The average Bonchev–Trinajstić information content (AvgIpc) is 2.20. The largest absolute Gasteiger partial charge is 0.481 e. The van der Waals surface area contributed by atoms with E-state index in [-0.39, 0.29) is 6.04 Å². The lowest BCUT2D eigenvalue weighted by molar-refractivity contribution is 0.190. The van der Waals surface area contributed by atoms with Crippen molar-refractivity contribution in [2.45, 2.75) is 19.4 Å². The highest BCUT2D eigenvalue weighted by Gasteiger charge is 2.10. The van der Waals surface area contributed by atoms with E-state index in [1.54, 1.807) is 26.3 Å². The molecule has 88 valence electrons. The van der Waals surface area contributed by atoms with Crippen molar-refractivity contribution < 1.29 is 14.6 Å². The first kappa shape index (κ1) is 12.8. The lowest BCUT2D eigenvalue weighted by Crippen LogP contribution is -2.32. The van der Waals surface area contributed by atoms with Crippen LogP contribution in [0.4, 0.5) is 4.79 Å². The Hall–Kier alpha value is -1.30. The molecule has 1 heterocycles. The molecule has 0 aromatic carbocycles. The highest BCUT2D eigenvalue weighted by molar-refractivity contribution is 9.10. The van der Waals surface area contributed by atoms with Crippen molar-refractivity contribution >= 4 is 22.0 Å². The number of aromatic nitrogens is 1. The van der Waals surface area contributed by atoms with Crippen molar-refractivity contribution in [1.29, 1.82) is 0 Å². The standard InChI is InChI=1S/C10H13BrN2O3/c1-6(13-10(14)15)3-7-4-9(16-2)12-5-8(7)11/h4-6,13H,3H2,1-2H3,(H,14,15). The molecule has 1 amide bonds. The number of pyridine rings is 1. The molecule has 6 heteroatoms. The smallest absolute Gasteiger partial charge is 0.404 e. The first-order chi connectivity index (χ1) is 7.52. The summed E-state index contributed by atoms with van der Waals surface area (Å²) in [5.74, 6) is 0.515. The van der Waals surface area contributed by atoms with E-state index in [4.69, 9.17) is 9.84 Å². The van der Waals surface area contributed by atoms with Gasteiger partial charge in [-0.15, -0.1) is 0 Å². The summed E-state index contributed by atoms with van der Waals surface area (Å²) >= 11 is 3.36. The predicted octanol–water partition coefficient (Wildman–Crippen LogP) is 2.05. The van der Waals surface area contributed by atoms with Gasteiger partial charge in [0.1, 0.15) is 0 Å². The second-order valence-electron chi connectivity index (χ2n) is 3.37. The van der Waals surface area contributed by atoms with Crippen molar-refractivity contribution in [3.05, 3.63) is 22.3 Å². The van der Waals surface area contributed by atoms with Crippen LogP contribution in [0.25, 0.3) is 0 Å². The van der Waals surface area contributed by atoms with E-state index >= 15 is 0 Å². The fraction of sp³-hybridized carbons (Fsp3) is 0.400. The lowest BCUT2D eigenvalue weighted by atomic mass is 10.1. The summed E-state index contributed by atoms with van der Waals surface area (Å²) in [4.78, 5) is 14.5. The number of amides is 1. The highest BCUT2D eigenvalue weighted by Crippen LogP contribution is 2.21. The molecule has 1 aromatic rings. The molecule has 0 aliphatic heterocycles. The Labute approximate surface area is 102 Å². The summed E-state index contributed by atoms with van der Waals surface area (Å²) < 4.78 is 5.84. The Balaban J connectivity index is 2.75. The van der Waals surface area contributed by atoms with E-state index in [2.05, 4.69) is 26.2 Å². The number of carbonyl (C=O) groups is 1. The normalized spacial score (nSPS) is 11.9. The molecule has 0 saturated heterocycles. The van der Waals surface area contributed by atoms with Crippen LogP contribution in [-0.2, 0) is 6.42 Å². The molecule has 0 aliphatic carbocycles. The van der Waals surface area contributed by atoms with Crippen molar-refractivity contribution in [1.82, 2.24) is 10.3 Å². The van der Waals surface area contributed by atoms with E-state index in [9.17, 15) is 4.79 Å². The first-order valence-corrected chi connectivity index (χ1v) is 5.50. The number of nitrogens with zero attached hydrogens (tertiary/aromatic N) is 1. The maximum absolute atomic E-state index is 10.4. The third kappa shape index (κ3) is 3.69. The SMILES string of the molecule is COc1cc(CC(C)NC(=O)O)c(Br)cn1. The van der Waals surface area contributed by atoms with Crippen LogP contribution in [0.3, 0.4) is 0 Å². The average molecular weight is 289 g/mol. The van der Waals surface area contributed by atoms with Gasteiger partial charge in [0.05, 0.1) is 7.11 Å². The van der Waals surface area contributed by atoms with Crippen LogP contribution in [0, 0.1) is 0 Å². The van der Waals surface area contributed by atoms with Crippen LogP contribution in [0.5, 0.6) is 5.88 Å². The van der Waals surface area contributed by atoms with Gasteiger partial charge in [-0.2, -0.15) is 0 Å². The zero-order chi connectivity index (χ0) is 12.1. The molecule has 2 N–H and O–H groups in total. The number of hydrogen-bond donors (Lipinski definition) is 2. The molecule has 0 radical (unpaired) electrons. The quantitative estimate of drug-likeness (QED) is 0.890. The predicted molar refractivity (Wildman–Crippen MR) is 62.8 cm³/mol. The molecule has 5 nitrogen and oxygen atoms in total. The van der Waals surface area contributed by atoms with E-state index in [1.807, 2.05) is 0 Å². The summed E-state index contributed by atoms with van der Waals surface area (Å²) in [7, 11) is 1.54. The number of nitrogens with one attached hydrogen (secondary N) is 1. The van der Waals surface area contributed by atoms with E-state index in [0.717, 1.165) is 10.0 Å². The maximum atomic E-state index is 10.4. The number of rotatable bonds is 4. The summed E-state index contributed by atoms with van der Waals surface area (Å²) in [5.41, 5.74) is 0.952. The van der Waals surface area contributed by atoms with Crippen molar-refractivity contribution in [3.63, 3.8) is 0 Å². The number of ether oxygens (including phenoxy) is 1. The van der Waals surface area contributed by atoms with Crippen molar-refractivity contribution in [2.24, 2.45) is 0 Å². The minimum Gasteiger partial charge on any atom is -0.481 e. The third-order valence-corrected chi connectivity index (χ3v) is 2.73. The summed E-state index contributed by atoms with van der Waals surface area (Å²) in [6.45, 7) is 1.80. The maximum Gasteiger partial charge on any atom is 0.404 e. The van der Waals surface area contributed by atoms with Crippen LogP contribution in [0.1, 0.15) is 12.5 Å². The number of hydrogen-bond acceptors (Lipinski definition) is 3. The molecule has 1 atom stereocenters. The van der Waals surface area contributed by atoms with E-state index in [0.29, 0.717) is 12.3 Å². The Kier molecular flexibility index (Phi) is 4.54.